The Balaban J connectivity index is 5.12. The zero-order valence-electron chi connectivity index (χ0n) is 8.20. The van der Waals surface area contributed by atoms with Crippen molar-refractivity contribution in [3.8, 4) is 0 Å². The Bertz CT molecular complexity index is 265. The molecule has 0 N–H and O–H groups in total. The van der Waals surface area contributed by atoms with Gasteiger partial charge in [0, 0.05) is 30.6 Å². The lowest BCUT2D eigenvalue weighted by Crippen LogP contribution is -2.52. The molecule has 0 radical (unpaired) electrons. The van der Waals surface area contributed by atoms with Crippen molar-refractivity contribution in [2.45, 2.75) is 37.4 Å². The lowest BCUT2D eigenvalue weighted by molar-refractivity contribution is -0.615. The van der Waals surface area contributed by atoms with Gasteiger partial charge < -0.3 is 9.59 Å². The van der Waals surface area contributed by atoms with E-state index in [1.54, 1.807) is 0 Å². The van der Waals surface area contributed by atoms with E-state index in [1.165, 1.54) is 0 Å². The van der Waals surface area contributed by atoms with Crippen LogP contribution in [0.1, 0.15) is 25.7 Å². The molecule has 0 saturated heterocycles. The van der Waals surface area contributed by atoms with E-state index in [0.717, 1.165) is 0 Å². The zero-order valence-corrected chi connectivity index (χ0v) is 8.20. The summed E-state index contributed by atoms with van der Waals surface area (Å²) in [5.41, 5.74) is -3.20. The van der Waals surface area contributed by atoms with Crippen LogP contribution in [0.5, 0.6) is 0 Å². The molecular formula is C8H10F3NO4. The van der Waals surface area contributed by atoms with E-state index in [2.05, 4.69) is 0 Å². The lowest BCUT2D eigenvalue weighted by atomic mass is 9.88. The fourth-order valence-electron chi connectivity index (χ4n) is 1.29. The summed E-state index contributed by atoms with van der Waals surface area (Å²) >= 11 is 0. The Kier molecular flexibility index (Phi) is 5.06. The molecule has 0 amide bonds. The maximum absolute atomic E-state index is 12.6. The van der Waals surface area contributed by atoms with Gasteiger partial charge in [0.25, 0.3) is 0 Å². The second-order valence-electron chi connectivity index (χ2n) is 3.20. The highest BCUT2D eigenvalue weighted by molar-refractivity contribution is 5.50. The van der Waals surface area contributed by atoms with Crippen molar-refractivity contribution in [1.29, 1.82) is 0 Å². The highest BCUT2D eigenvalue weighted by atomic mass is 19.4. The number of rotatable bonds is 7. The van der Waals surface area contributed by atoms with E-state index in [-0.39, 0.29) is 12.6 Å². The Hall–Kier alpha value is -1.47. The van der Waals surface area contributed by atoms with Gasteiger partial charge in [-0.2, -0.15) is 13.2 Å². The molecular weight excluding hydrogens is 231 g/mol. The molecule has 0 aromatic heterocycles. The number of nitrogens with zero attached hydrogens (tertiary/aromatic N) is 1. The van der Waals surface area contributed by atoms with Crippen molar-refractivity contribution >= 4 is 12.6 Å². The predicted molar refractivity (Wildman–Crippen MR) is 46.4 cm³/mol. The Labute approximate surface area is 88.8 Å². The van der Waals surface area contributed by atoms with Crippen LogP contribution in [0.2, 0.25) is 0 Å². The van der Waals surface area contributed by atoms with Crippen molar-refractivity contribution in [3.63, 3.8) is 0 Å². The SMILES string of the molecule is O=CCCC(CCC=O)([N+](=O)[O-])C(F)(F)F. The molecule has 0 aliphatic rings. The minimum absolute atomic E-state index is 0.185. The van der Waals surface area contributed by atoms with Gasteiger partial charge in [-0.3, -0.25) is 10.1 Å². The van der Waals surface area contributed by atoms with Gasteiger partial charge in [-0.05, 0) is 0 Å². The van der Waals surface area contributed by atoms with Crippen molar-refractivity contribution in [1.82, 2.24) is 0 Å². The molecule has 0 rings (SSSR count). The predicted octanol–water partition coefficient (Wildman–Crippen LogP) is 1.52. The summed E-state index contributed by atoms with van der Waals surface area (Å²) in [5.74, 6) is 0. The summed E-state index contributed by atoms with van der Waals surface area (Å²) in [5, 5.41) is 10.5. The first-order valence-electron chi connectivity index (χ1n) is 4.40. The van der Waals surface area contributed by atoms with Crippen LogP contribution in [0, 0.1) is 10.1 Å². The minimum Gasteiger partial charge on any atom is -0.303 e. The van der Waals surface area contributed by atoms with Gasteiger partial charge in [0.1, 0.15) is 12.6 Å². The standard InChI is InChI=1S/C8H10F3NO4/c9-8(10,11)7(12(15)16,3-1-5-13)4-2-6-14/h5-6H,1-4H2. The molecule has 8 heteroatoms. The van der Waals surface area contributed by atoms with Crippen LogP contribution < -0.4 is 0 Å². The monoisotopic (exact) mass is 241 g/mol. The van der Waals surface area contributed by atoms with Gasteiger partial charge in [0.15, 0.2) is 0 Å². The average Bonchev–Trinajstić information content (AvgIpc) is 2.16. The molecule has 0 fully saturated rings. The number of carbonyl (C=O) groups is 2. The van der Waals surface area contributed by atoms with Gasteiger partial charge in [-0.15, -0.1) is 0 Å². The fourth-order valence-corrected chi connectivity index (χ4v) is 1.29. The summed E-state index contributed by atoms with van der Waals surface area (Å²) in [6.45, 7) is 0. The second kappa shape index (κ2) is 5.57. The zero-order chi connectivity index (χ0) is 12.8. The molecule has 0 heterocycles. The van der Waals surface area contributed by atoms with Gasteiger partial charge >= 0.3 is 11.7 Å². The van der Waals surface area contributed by atoms with Crippen LogP contribution in [0.15, 0.2) is 0 Å². The number of carbonyl (C=O) groups excluding carboxylic acids is 2. The van der Waals surface area contributed by atoms with Crippen molar-refractivity contribution in [2.24, 2.45) is 0 Å². The molecule has 92 valence electrons. The van der Waals surface area contributed by atoms with Crippen LogP contribution in [-0.4, -0.2) is 29.2 Å². The van der Waals surface area contributed by atoms with Crippen LogP contribution in [0.25, 0.3) is 0 Å². The van der Waals surface area contributed by atoms with E-state index in [0.29, 0.717) is 0 Å². The summed E-state index contributed by atoms with van der Waals surface area (Å²) in [6.07, 6.45) is -7.74. The molecule has 16 heavy (non-hydrogen) atoms. The molecule has 0 unspecified atom stereocenters. The van der Waals surface area contributed by atoms with Crippen LogP contribution in [-0.2, 0) is 9.59 Å². The summed E-state index contributed by atoms with van der Waals surface area (Å²) in [4.78, 5) is 29.1. The minimum atomic E-state index is -5.08. The van der Waals surface area contributed by atoms with Gasteiger partial charge in [-0.25, -0.2) is 0 Å². The number of nitro groups is 1. The van der Waals surface area contributed by atoms with Gasteiger partial charge in [-0.1, -0.05) is 0 Å². The Morgan fingerprint density at radius 3 is 1.62 bits per heavy atom. The maximum Gasteiger partial charge on any atom is 0.460 e. The van der Waals surface area contributed by atoms with Crippen molar-refractivity contribution < 1.29 is 27.7 Å². The normalized spacial score (nSPS) is 12.2. The first-order chi connectivity index (χ1) is 7.31. The van der Waals surface area contributed by atoms with Crippen molar-refractivity contribution in [3.05, 3.63) is 10.1 Å². The Morgan fingerprint density at radius 1 is 1.06 bits per heavy atom. The second-order valence-corrected chi connectivity index (χ2v) is 3.20. The van der Waals surface area contributed by atoms with E-state index in [9.17, 15) is 32.9 Å². The summed E-state index contributed by atoms with van der Waals surface area (Å²) in [7, 11) is 0. The lowest BCUT2D eigenvalue weighted by Gasteiger charge is -2.26. The third-order valence-corrected chi connectivity index (χ3v) is 2.23. The first-order valence-corrected chi connectivity index (χ1v) is 4.40. The molecule has 0 aromatic carbocycles. The van der Waals surface area contributed by atoms with Crippen molar-refractivity contribution in [2.75, 3.05) is 0 Å². The van der Waals surface area contributed by atoms with Crippen LogP contribution in [0.3, 0.4) is 0 Å². The molecule has 0 saturated carbocycles. The largest absolute Gasteiger partial charge is 0.460 e. The summed E-state index contributed by atoms with van der Waals surface area (Å²) < 4.78 is 37.8. The highest BCUT2D eigenvalue weighted by Crippen LogP contribution is 2.39. The fraction of sp³-hybridized carbons (Fsp3) is 0.750. The summed E-state index contributed by atoms with van der Waals surface area (Å²) in [6, 6.07) is 0. The third kappa shape index (κ3) is 3.01. The van der Waals surface area contributed by atoms with E-state index < -0.39 is 42.3 Å². The molecule has 5 nitrogen and oxygen atoms in total. The maximum atomic E-state index is 12.6. The van der Waals surface area contributed by atoms with Gasteiger partial charge in [0.05, 0.1) is 0 Å². The van der Waals surface area contributed by atoms with Crippen LogP contribution >= 0.6 is 0 Å². The topological polar surface area (TPSA) is 77.3 Å². The van der Waals surface area contributed by atoms with E-state index in [1.807, 2.05) is 0 Å². The number of halogens is 3. The molecule has 0 aliphatic carbocycles. The van der Waals surface area contributed by atoms with Gasteiger partial charge in [0.2, 0.25) is 0 Å². The first kappa shape index (κ1) is 14.5. The van der Waals surface area contributed by atoms with E-state index >= 15 is 0 Å². The number of aldehydes is 2. The number of hydrogen-bond donors (Lipinski definition) is 0. The molecule has 0 spiro atoms. The number of alkyl halides is 3. The molecule has 0 bridgehead atoms. The molecule has 0 atom stereocenters. The number of hydrogen-bond acceptors (Lipinski definition) is 4. The smallest absolute Gasteiger partial charge is 0.303 e. The van der Waals surface area contributed by atoms with E-state index in [4.69, 9.17) is 0 Å². The average molecular weight is 241 g/mol. The van der Waals surface area contributed by atoms with Crippen LogP contribution in [0.4, 0.5) is 13.2 Å². The molecule has 0 aromatic rings. The highest BCUT2D eigenvalue weighted by Gasteiger charge is 2.64. The quantitative estimate of drug-likeness (QED) is 0.384. The molecule has 0 aliphatic heterocycles. The Morgan fingerprint density at radius 2 is 1.44 bits per heavy atom. The third-order valence-electron chi connectivity index (χ3n) is 2.23.